The SMILES string of the molecule is COc1ccnc(-c2ccccc2C2CC(=O)c3c(C)nc(N)nc3C2)c1. The number of nitrogens with two attached hydrogens (primary N) is 1. The zero-order chi connectivity index (χ0) is 19.0. The van der Waals surface area contributed by atoms with Crippen LogP contribution in [0.2, 0.25) is 0 Å². The van der Waals surface area contributed by atoms with E-state index in [0.717, 1.165) is 28.3 Å². The standard InChI is InChI=1S/C21H20N4O2/c1-12-20-18(25-21(22)24-12)9-13(10-19(20)26)15-5-3-4-6-16(15)17-11-14(27-2)7-8-23-17/h3-8,11,13H,9-10H2,1-2H3,(H2,22,24,25). The lowest BCUT2D eigenvalue weighted by atomic mass is 9.79. The van der Waals surface area contributed by atoms with Crippen molar-refractivity contribution in [3.63, 3.8) is 0 Å². The first-order valence-corrected chi connectivity index (χ1v) is 8.82. The van der Waals surface area contributed by atoms with Gasteiger partial charge in [-0.2, -0.15) is 0 Å². The number of methoxy groups -OCH3 is 1. The molecule has 2 N–H and O–H groups in total. The maximum absolute atomic E-state index is 12.8. The second kappa shape index (κ2) is 6.79. The number of pyridine rings is 1. The van der Waals surface area contributed by atoms with Gasteiger partial charge in [-0.15, -0.1) is 0 Å². The summed E-state index contributed by atoms with van der Waals surface area (Å²) in [6, 6.07) is 11.8. The summed E-state index contributed by atoms with van der Waals surface area (Å²) in [5, 5.41) is 0. The Morgan fingerprint density at radius 3 is 2.78 bits per heavy atom. The number of aryl methyl sites for hydroxylation is 1. The summed E-state index contributed by atoms with van der Waals surface area (Å²) in [5.41, 5.74) is 10.7. The Labute approximate surface area is 157 Å². The molecule has 6 heteroatoms. The van der Waals surface area contributed by atoms with Crippen LogP contribution in [0.25, 0.3) is 11.3 Å². The molecule has 27 heavy (non-hydrogen) atoms. The molecule has 0 fully saturated rings. The largest absolute Gasteiger partial charge is 0.497 e. The van der Waals surface area contributed by atoms with Crippen molar-refractivity contribution in [2.75, 3.05) is 12.8 Å². The third-order valence-electron chi connectivity index (χ3n) is 4.98. The Bertz CT molecular complexity index is 1030. The van der Waals surface area contributed by atoms with Gasteiger partial charge in [0, 0.05) is 24.2 Å². The van der Waals surface area contributed by atoms with Crippen molar-refractivity contribution in [2.24, 2.45) is 0 Å². The van der Waals surface area contributed by atoms with E-state index in [9.17, 15) is 4.79 Å². The van der Waals surface area contributed by atoms with Gasteiger partial charge in [-0.3, -0.25) is 9.78 Å². The molecule has 1 aliphatic carbocycles. The number of hydrogen-bond acceptors (Lipinski definition) is 6. The van der Waals surface area contributed by atoms with E-state index < -0.39 is 0 Å². The smallest absolute Gasteiger partial charge is 0.220 e. The number of nitrogen functional groups attached to an aromatic ring is 1. The van der Waals surface area contributed by atoms with Crippen molar-refractivity contribution in [1.29, 1.82) is 0 Å². The number of benzene rings is 1. The van der Waals surface area contributed by atoms with E-state index in [1.54, 1.807) is 13.3 Å². The zero-order valence-corrected chi connectivity index (χ0v) is 15.3. The Kier molecular flexibility index (Phi) is 4.32. The molecule has 2 aromatic heterocycles. The second-order valence-corrected chi connectivity index (χ2v) is 6.69. The van der Waals surface area contributed by atoms with Gasteiger partial charge >= 0.3 is 0 Å². The fourth-order valence-electron chi connectivity index (χ4n) is 3.79. The summed E-state index contributed by atoms with van der Waals surface area (Å²) in [6.07, 6.45) is 2.79. The van der Waals surface area contributed by atoms with Crippen LogP contribution in [0, 0.1) is 6.92 Å². The molecule has 1 aromatic carbocycles. The maximum atomic E-state index is 12.8. The van der Waals surface area contributed by atoms with Crippen molar-refractivity contribution in [3.05, 3.63) is 65.1 Å². The Balaban J connectivity index is 1.78. The van der Waals surface area contributed by atoms with Crippen LogP contribution in [0.5, 0.6) is 5.75 Å². The van der Waals surface area contributed by atoms with Crippen LogP contribution in [0.4, 0.5) is 5.95 Å². The predicted molar refractivity (Wildman–Crippen MR) is 103 cm³/mol. The van der Waals surface area contributed by atoms with Gasteiger partial charge in [0.25, 0.3) is 0 Å². The van der Waals surface area contributed by atoms with E-state index in [4.69, 9.17) is 10.5 Å². The minimum atomic E-state index is 0.0166. The minimum Gasteiger partial charge on any atom is -0.497 e. The molecule has 2 heterocycles. The molecule has 0 amide bonds. The topological polar surface area (TPSA) is 91.0 Å². The first-order chi connectivity index (χ1) is 13.1. The van der Waals surface area contributed by atoms with E-state index in [1.165, 1.54) is 0 Å². The summed E-state index contributed by atoms with van der Waals surface area (Å²) < 4.78 is 5.33. The molecule has 4 rings (SSSR count). The van der Waals surface area contributed by atoms with Crippen LogP contribution in [-0.4, -0.2) is 27.8 Å². The van der Waals surface area contributed by atoms with Gasteiger partial charge in [-0.05, 0) is 30.9 Å². The third kappa shape index (κ3) is 3.14. The fourth-order valence-corrected chi connectivity index (χ4v) is 3.79. The van der Waals surface area contributed by atoms with Gasteiger partial charge < -0.3 is 10.5 Å². The van der Waals surface area contributed by atoms with Crippen LogP contribution in [-0.2, 0) is 6.42 Å². The number of Topliss-reactive ketones (excluding diaryl/α,β-unsaturated/α-hetero) is 1. The molecule has 6 nitrogen and oxygen atoms in total. The van der Waals surface area contributed by atoms with E-state index in [2.05, 4.69) is 21.0 Å². The number of anilines is 1. The monoisotopic (exact) mass is 360 g/mol. The van der Waals surface area contributed by atoms with Crippen LogP contribution in [0.15, 0.2) is 42.6 Å². The number of rotatable bonds is 3. The number of carbonyl (C=O) groups excluding carboxylic acids is 1. The number of fused-ring (bicyclic) bond motifs is 1. The van der Waals surface area contributed by atoms with Crippen molar-refractivity contribution >= 4 is 11.7 Å². The average Bonchev–Trinajstić information content (AvgIpc) is 2.67. The highest BCUT2D eigenvalue weighted by atomic mass is 16.5. The molecule has 3 aromatic rings. The van der Waals surface area contributed by atoms with E-state index in [-0.39, 0.29) is 17.6 Å². The van der Waals surface area contributed by atoms with Crippen molar-refractivity contribution in [1.82, 2.24) is 15.0 Å². The lowest BCUT2D eigenvalue weighted by Gasteiger charge is -2.26. The third-order valence-corrected chi connectivity index (χ3v) is 4.98. The molecule has 136 valence electrons. The molecule has 1 unspecified atom stereocenters. The van der Waals surface area contributed by atoms with Crippen molar-refractivity contribution in [2.45, 2.75) is 25.7 Å². The van der Waals surface area contributed by atoms with Crippen LogP contribution in [0.3, 0.4) is 0 Å². The van der Waals surface area contributed by atoms with Crippen molar-refractivity contribution in [3.8, 4) is 17.0 Å². The molecule has 0 saturated heterocycles. The van der Waals surface area contributed by atoms with Crippen molar-refractivity contribution < 1.29 is 9.53 Å². The quantitative estimate of drug-likeness (QED) is 0.770. The van der Waals surface area contributed by atoms with Crippen LogP contribution >= 0.6 is 0 Å². The lowest BCUT2D eigenvalue weighted by molar-refractivity contribution is 0.0962. The Hall–Kier alpha value is -3.28. The molecular formula is C21H20N4O2. The average molecular weight is 360 g/mol. The lowest BCUT2D eigenvalue weighted by Crippen LogP contribution is -2.23. The highest BCUT2D eigenvalue weighted by Gasteiger charge is 2.31. The van der Waals surface area contributed by atoms with Gasteiger partial charge in [-0.25, -0.2) is 9.97 Å². The van der Waals surface area contributed by atoms with E-state index in [0.29, 0.717) is 24.1 Å². The predicted octanol–water partition coefficient (Wildman–Crippen LogP) is 3.35. The van der Waals surface area contributed by atoms with Crippen LogP contribution < -0.4 is 10.5 Å². The number of carbonyl (C=O) groups is 1. The van der Waals surface area contributed by atoms with Gasteiger partial charge in [-0.1, -0.05) is 24.3 Å². The van der Waals surface area contributed by atoms with E-state index in [1.807, 2.05) is 37.3 Å². The molecule has 0 aliphatic heterocycles. The molecule has 1 atom stereocenters. The maximum Gasteiger partial charge on any atom is 0.220 e. The molecule has 1 aliphatic rings. The summed E-state index contributed by atoms with van der Waals surface area (Å²) in [4.78, 5) is 25.8. The summed E-state index contributed by atoms with van der Waals surface area (Å²) in [7, 11) is 1.63. The number of ether oxygens (including phenoxy) is 1. The number of nitrogens with zero attached hydrogens (tertiary/aromatic N) is 3. The van der Waals surface area contributed by atoms with Gasteiger partial charge in [0.15, 0.2) is 5.78 Å². The first-order valence-electron chi connectivity index (χ1n) is 8.82. The van der Waals surface area contributed by atoms with Gasteiger partial charge in [0.2, 0.25) is 5.95 Å². The first kappa shape index (κ1) is 17.1. The molecule has 0 spiro atoms. The summed E-state index contributed by atoms with van der Waals surface area (Å²) in [6.45, 7) is 1.81. The summed E-state index contributed by atoms with van der Waals surface area (Å²) >= 11 is 0. The number of aromatic nitrogens is 3. The molecular weight excluding hydrogens is 340 g/mol. The number of ketones is 1. The molecule has 0 saturated carbocycles. The highest BCUT2D eigenvalue weighted by molar-refractivity contribution is 6.00. The van der Waals surface area contributed by atoms with Gasteiger partial charge in [0.1, 0.15) is 5.75 Å². The fraction of sp³-hybridized carbons (Fsp3) is 0.238. The number of hydrogen-bond donors (Lipinski definition) is 1. The normalized spacial score (nSPS) is 16.1. The highest BCUT2D eigenvalue weighted by Crippen LogP contribution is 2.37. The second-order valence-electron chi connectivity index (χ2n) is 6.69. The molecule has 0 radical (unpaired) electrons. The zero-order valence-electron chi connectivity index (χ0n) is 15.3. The minimum absolute atomic E-state index is 0.0166. The van der Waals surface area contributed by atoms with Crippen LogP contribution in [0.1, 0.15) is 39.6 Å². The van der Waals surface area contributed by atoms with E-state index >= 15 is 0 Å². The Morgan fingerprint density at radius 2 is 1.96 bits per heavy atom. The Morgan fingerprint density at radius 1 is 1.15 bits per heavy atom. The van der Waals surface area contributed by atoms with Gasteiger partial charge in [0.05, 0.1) is 29.8 Å². The molecule has 0 bridgehead atoms. The summed E-state index contributed by atoms with van der Waals surface area (Å²) in [5.74, 6) is 1.04.